The van der Waals surface area contributed by atoms with Gasteiger partial charge in [-0.3, -0.25) is 9.88 Å². The SMILES string of the molecule is COC1CN(Cc2nc(C)ccc2O)CC1OC. The molecule has 1 aromatic heterocycles. The van der Waals surface area contributed by atoms with E-state index in [1.165, 1.54) is 0 Å². The first-order valence-corrected chi connectivity index (χ1v) is 6.07. The molecule has 2 unspecified atom stereocenters. The Morgan fingerprint density at radius 2 is 1.89 bits per heavy atom. The fraction of sp³-hybridized carbons (Fsp3) is 0.615. The first-order chi connectivity index (χ1) is 8.63. The van der Waals surface area contributed by atoms with Crippen LogP contribution in [0.1, 0.15) is 11.4 Å². The number of rotatable bonds is 4. The van der Waals surface area contributed by atoms with Gasteiger partial charge in [0.2, 0.25) is 0 Å². The molecule has 0 spiro atoms. The number of ether oxygens (including phenoxy) is 2. The maximum absolute atomic E-state index is 9.79. The zero-order valence-corrected chi connectivity index (χ0v) is 11.1. The zero-order chi connectivity index (χ0) is 13.1. The Bertz CT molecular complexity index is 399. The molecule has 0 bridgehead atoms. The number of nitrogens with zero attached hydrogens (tertiary/aromatic N) is 2. The summed E-state index contributed by atoms with van der Waals surface area (Å²) in [6.07, 6.45) is 0.170. The molecule has 5 nitrogen and oxygen atoms in total. The fourth-order valence-electron chi connectivity index (χ4n) is 2.33. The predicted octanol–water partition coefficient (Wildman–Crippen LogP) is 0.941. The number of methoxy groups -OCH3 is 2. The standard InChI is InChI=1S/C13H20N2O3/c1-9-4-5-11(16)10(14-9)6-15-7-12(17-2)13(8-15)18-3/h4-5,12-13,16H,6-8H2,1-3H3. The summed E-state index contributed by atoms with van der Waals surface area (Å²) >= 11 is 0. The molecule has 1 N–H and O–H groups in total. The average Bonchev–Trinajstić information content (AvgIpc) is 2.76. The highest BCUT2D eigenvalue weighted by atomic mass is 16.5. The van der Waals surface area contributed by atoms with Crippen molar-refractivity contribution in [3.05, 3.63) is 23.5 Å². The molecule has 0 saturated carbocycles. The number of aromatic hydroxyl groups is 1. The van der Waals surface area contributed by atoms with E-state index in [1.807, 2.05) is 6.92 Å². The van der Waals surface area contributed by atoms with Crippen LogP contribution in [0.5, 0.6) is 5.75 Å². The summed E-state index contributed by atoms with van der Waals surface area (Å²) in [6, 6.07) is 3.49. The monoisotopic (exact) mass is 252 g/mol. The molecule has 18 heavy (non-hydrogen) atoms. The van der Waals surface area contributed by atoms with Crippen LogP contribution in [0.4, 0.5) is 0 Å². The van der Waals surface area contributed by atoms with Gasteiger partial charge in [0.1, 0.15) is 5.75 Å². The van der Waals surface area contributed by atoms with Crippen LogP contribution < -0.4 is 0 Å². The zero-order valence-electron chi connectivity index (χ0n) is 11.1. The normalized spacial score (nSPS) is 24.6. The molecule has 2 atom stereocenters. The highest BCUT2D eigenvalue weighted by molar-refractivity contribution is 5.27. The first-order valence-electron chi connectivity index (χ1n) is 6.07. The summed E-state index contributed by atoms with van der Waals surface area (Å²) < 4.78 is 10.8. The van der Waals surface area contributed by atoms with E-state index in [4.69, 9.17) is 9.47 Å². The van der Waals surface area contributed by atoms with Gasteiger partial charge in [0.15, 0.2) is 0 Å². The lowest BCUT2D eigenvalue weighted by molar-refractivity contribution is -0.00461. The Morgan fingerprint density at radius 1 is 1.28 bits per heavy atom. The number of pyridine rings is 1. The van der Waals surface area contributed by atoms with Crippen molar-refractivity contribution in [1.29, 1.82) is 0 Å². The predicted molar refractivity (Wildman–Crippen MR) is 67.5 cm³/mol. The molecule has 2 heterocycles. The Kier molecular flexibility index (Phi) is 4.16. The maximum Gasteiger partial charge on any atom is 0.138 e. The molecule has 0 aromatic carbocycles. The summed E-state index contributed by atoms with van der Waals surface area (Å²) in [5.41, 5.74) is 1.62. The van der Waals surface area contributed by atoms with Crippen molar-refractivity contribution < 1.29 is 14.6 Å². The lowest BCUT2D eigenvalue weighted by Crippen LogP contribution is -2.27. The van der Waals surface area contributed by atoms with Crippen LogP contribution in [0.3, 0.4) is 0 Å². The minimum Gasteiger partial charge on any atom is -0.506 e. The Morgan fingerprint density at radius 3 is 2.44 bits per heavy atom. The molecule has 5 heteroatoms. The second-order valence-corrected chi connectivity index (χ2v) is 4.66. The van der Waals surface area contributed by atoms with E-state index in [0.29, 0.717) is 12.2 Å². The van der Waals surface area contributed by atoms with E-state index in [1.54, 1.807) is 26.4 Å². The molecule has 1 aliphatic rings. The van der Waals surface area contributed by atoms with E-state index in [2.05, 4.69) is 9.88 Å². The van der Waals surface area contributed by atoms with Crippen LogP contribution in [0.2, 0.25) is 0 Å². The quantitative estimate of drug-likeness (QED) is 0.864. The van der Waals surface area contributed by atoms with Crippen molar-refractivity contribution in [2.24, 2.45) is 0 Å². The minimum atomic E-state index is 0.0851. The van der Waals surface area contributed by atoms with Gasteiger partial charge >= 0.3 is 0 Å². The lowest BCUT2D eigenvalue weighted by atomic mass is 10.2. The molecule has 0 amide bonds. The van der Waals surface area contributed by atoms with E-state index in [0.717, 1.165) is 18.8 Å². The Balaban J connectivity index is 2.04. The molecule has 1 aliphatic heterocycles. The van der Waals surface area contributed by atoms with Crippen LogP contribution in [-0.4, -0.2) is 54.5 Å². The largest absolute Gasteiger partial charge is 0.506 e. The van der Waals surface area contributed by atoms with Gasteiger partial charge in [0.25, 0.3) is 0 Å². The van der Waals surface area contributed by atoms with Crippen molar-refractivity contribution in [2.45, 2.75) is 25.7 Å². The van der Waals surface area contributed by atoms with E-state index in [-0.39, 0.29) is 18.0 Å². The topological polar surface area (TPSA) is 54.8 Å². The van der Waals surface area contributed by atoms with Gasteiger partial charge in [-0.15, -0.1) is 0 Å². The molecule has 0 radical (unpaired) electrons. The van der Waals surface area contributed by atoms with Gasteiger partial charge in [0, 0.05) is 39.5 Å². The molecule has 0 aliphatic carbocycles. The number of aromatic nitrogens is 1. The van der Waals surface area contributed by atoms with E-state index in [9.17, 15) is 5.11 Å². The van der Waals surface area contributed by atoms with Crippen molar-refractivity contribution in [2.75, 3.05) is 27.3 Å². The van der Waals surface area contributed by atoms with Crippen LogP contribution in [0, 0.1) is 6.92 Å². The van der Waals surface area contributed by atoms with Crippen molar-refractivity contribution in [1.82, 2.24) is 9.88 Å². The second kappa shape index (κ2) is 5.65. The molecule has 1 fully saturated rings. The van der Waals surface area contributed by atoms with Crippen LogP contribution in [0.15, 0.2) is 12.1 Å². The highest BCUT2D eigenvalue weighted by Crippen LogP contribution is 2.21. The van der Waals surface area contributed by atoms with Gasteiger partial charge in [-0.25, -0.2) is 0 Å². The lowest BCUT2D eigenvalue weighted by Gasteiger charge is -2.15. The summed E-state index contributed by atoms with van der Waals surface area (Å²) in [5.74, 6) is 0.246. The highest BCUT2D eigenvalue weighted by Gasteiger charge is 2.33. The molecule has 100 valence electrons. The van der Waals surface area contributed by atoms with E-state index >= 15 is 0 Å². The number of likely N-dealkylation sites (tertiary alicyclic amines) is 1. The Hall–Kier alpha value is -1.17. The molecular formula is C13H20N2O3. The third kappa shape index (κ3) is 2.80. The van der Waals surface area contributed by atoms with Gasteiger partial charge < -0.3 is 14.6 Å². The molecule has 2 rings (SSSR count). The van der Waals surface area contributed by atoms with Gasteiger partial charge in [-0.2, -0.15) is 0 Å². The summed E-state index contributed by atoms with van der Waals surface area (Å²) in [4.78, 5) is 6.55. The molecular weight excluding hydrogens is 232 g/mol. The third-order valence-corrected chi connectivity index (χ3v) is 3.36. The van der Waals surface area contributed by atoms with Crippen molar-refractivity contribution in [3.63, 3.8) is 0 Å². The minimum absolute atomic E-state index is 0.0851. The van der Waals surface area contributed by atoms with Crippen molar-refractivity contribution in [3.8, 4) is 5.75 Å². The fourth-order valence-corrected chi connectivity index (χ4v) is 2.33. The van der Waals surface area contributed by atoms with Crippen molar-refractivity contribution >= 4 is 0 Å². The van der Waals surface area contributed by atoms with Crippen LogP contribution in [-0.2, 0) is 16.0 Å². The summed E-state index contributed by atoms with van der Waals surface area (Å²) in [6.45, 7) is 4.13. The maximum atomic E-state index is 9.79. The smallest absolute Gasteiger partial charge is 0.138 e. The van der Waals surface area contributed by atoms with Gasteiger partial charge in [-0.05, 0) is 19.1 Å². The third-order valence-electron chi connectivity index (χ3n) is 3.36. The van der Waals surface area contributed by atoms with Crippen LogP contribution in [0.25, 0.3) is 0 Å². The number of hydrogen-bond acceptors (Lipinski definition) is 5. The van der Waals surface area contributed by atoms with Gasteiger partial charge in [0.05, 0.1) is 17.9 Å². The number of aryl methyl sites for hydroxylation is 1. The summed E-state index contributed by atoms with van der Waals surface area (Å²) in [5, 5.41) is 9.79. The molecule has 1 aromatic rings. The first kappa shape index (κ1) is 13.3. The molecule has 1 saturated heterocycles. The summed E-state index contributed by atoms with van der Waals surface area (Å²) in [7, 11) is 3.39. The number of hydrogen-bond donors (Lipinski definition) is 1. The Labute approximate surface area is 107 Å². The average molecular weight is 252 g/mol. The van der Waals surface area contributed by atoms with Gasteiger partial charge in [-0.1, -0.05) is 0 Å². The van der Waals surface area contributed by atoms with E-state index < -0.39 is 0 Å². The van der Waals surface area contributed by atoms with Crippen LogP contribution >= 0.6 is 0 Å². The second-order valence-electron chi connectivity index (χ2n) is 4.66.